The van der Waals surface area contributed by atoms with Crippen LogP contribution in [0, 0.1) is 0 Å². The molecule has 3 aromatic carbocycles. The van der Waals surface area contributed by atoms with Crippen LogP contribution in [0.5, 0.6) is 5.75 Å². The Morgan fingerprint density at radius 1 is 0.792 bits per heavy atom. The number of hydrogen-bond acceptors (Lipinski definition) is 2. The number of hydrogen-bond donors (Lipinski definition) is 2. The first-order valence-corrected chi connectivity index (χ1v) is 7.90. The van der Waals surface area contributed by atoms with Crippen molar-refractivity contribution in [3.63, 3.8) is 0 Å². The van der Waals surface area contributed by atoms with Gasteiger partial charge in [0.2, 0.25) is 5.91 Å². The third kappa shape index (κ3) is 4.23. The Labute approximate surface area is 141 Å². The van der Waals surface area contributed by atoms with Gasteiger partial charge in [0, 0.05) is 6.54 Å². The largest absolute Gasteiger partial charge is 0.508 e. The van der Waals surface area contributed by atoms with Gasteiger partial charge in [-0.15, -0.1) is 0 Å². The number of nitrogens with one attached hydrogen (secondary N) is 1. The molecule has 0 bridgehead atoms. The Kier molecular flexibility index (Phi) is 4.92. The smallest absolute Gasteiger partial charge is 0.224 e. The van der Waals surface area contributed by atoms with E-state index in [2.05, 4.69) is 11.4 Å². The third-order valence-corrected chi connectivity index (χ3v) is 3.82. The van der Waals surface area contributed by atoms with Crippen molar-refractivity contribution in [3.8, 4) is 16.9 Å². The van der Waals surface area contributed by atoms with E-state index in [9.17, 15) is 9.90 Å². The molecule has 0 aromatic heterocycles. The van der Waals surface area contributed by atoms with Crippen molar-refractivity contribution in [3.05, 3.63) is 90.0 Å². The van der Waals surface area contributed by atoms with Gasteiger partial charge in [0.15, 0.2) is 0 Å². The maximum atomic E-state index is 12.0. The molecule has 2 N–H and O–H groups in total. The first kappa shape index (κ1) is 15.8. The lowest BCUT2D eigenvalue weighted by atomic mass is 10.0. The number of aromatic hydroxyl groups is 1. The maximum Gasteiger partial charge on any atom is 0.224 e. The molecule has 1 amide bonds. The van der Waals surface area contributed by atoms with Crippen LogP contribution in [0.2, 0.25) is 0 Å². The summed E-state index contributed by atoms with van der Waals surface area (Å²) in [6.07, 6.45) is 0.387. The van der Waals surface area contributed by atoms with Crippen molar-refractivity contribution in [2.45, 2.75) is 13.0 Å². The summed E-state index contributed by atoms with van der Waals surface area (Å²) in [7, 11) is 0. The average Bonchev–Trinajstić information content (AvgIpc) is 2.62. The van der Waals surface area contributed by atoms with Crippen LogP contribution < -0.4 is 5.32 Å². The molecule has 0 heterocycles. The summed E-state index contributed by atoms with van der Waals surface area (Å²) in [6, 6.07) is 24.8. The maximum absolute atomic E-state index is 12.0. The second-order valence-corrected chi connectivity index (χ2v) is 5.69. The van der Waals surface area contributed by atoms with E-state index in [-0.39, 0.29) is 11.7 Å². The van der Waals surface area contributed by atoms with E-state index in [0.717, 1.165) is 22.3 Å². The number of amides is 1. The minimum atomic E-state index is 0.0104. The van der Waals surface area contributed by atoms with E-state index in [0.29, 0.717) is 13.0 Å². The summed E-state index contributed by atoms with van der Waals surface area (Å²) in [5.41, 5.74) is 4.14. The zero-order valence-electron chi connectivity index (χ0n) is 13.3. The van der Waals surface area contributed by atoms with Gasteiger partial charge in [-0.25, -0.2) is 0 Å². The van der Waals surface area contributed by atoms with Crippen molar-refractivity contribution in [2.75, 3.05) is 0 Å². The van der Waals surface area contributed by atoms with Gasteiger partial charge in [-0.05, 0) is 40.5 Å². The number of phenols is 1. The van der Waals surface area contributed by atoms with Crippen LogP contribution in [0.1, 0.15) is 11.1 Å². The topological polar surface area (TPSA) is 49.3 Å². The summed E-state index contributed by atoms with van der Waals surface area (Å²) >= 11 is 0. The van der Waals surface area contributed by atoms with Crippen molar-refractivity contribution in [2.24, 2.45) is 0 Å². The average molecular weight is 317 g/mol. The fraction of sp³-hybridized carbons (Fsp3) is 0.0952. The van der Waals surface area contributed by atoms with Gasteiger partial charge in [-0.2, -0.15) is 0 Å². The predicted octanol–water partition coefficient (Wildman–Crippen LogP) is 3.92. The molecule has 3 nitrogen and oxygen atoms in total. The van der Waals surface area contributed by atoms with Crippen LogP contribution in [-0.4, -0.2) is 11.0 Å². The summed E-state index contributed by atoms with van der Waals surface area (Å²) in [6.45, 7) is 0.498. The molecule has 0 unspecified atom stereocenters. The quantitative estimate of drug-likeness (QED) is 0.749. The van der Waals surface area contributed by atoms with Gasteiger partial charge >= 0.3 is 0 Å². The molecule has 3 heteroatoms. The molecular weight excluding hydrogens is 298 g/mol. The third-order valence-electron chi connectivity index (χ3n) is 3.82. The number of carbonyl (C=O) groups is 1. The molecule has 0 fully saturated rings. The van der Waals surface area contributed by atoms with E-state index in [1.54, 1.807) is 12.1 Å². The molecule has 0 aliphatic rings. The van der Waals surface area contributed by atoms with E-state index in [1.807, 2.05) is 60.7 Å². The van der Waals surface area contributed by atoms with E-state index in [4.69, 9.17) is 0 Å². The Balaban J connectivity index is 1.62. The van der Waals surface area contributed by atoms with Crippen LogP contribution >= 0.6 is 0 Å². The van der Waals surface area contributed by atoms with Crippen LogP contribution in [0.3, 0.4) is 0 Å². The van der Waals surface area contributed by atoms with Crippen LogP contribution in [0.25, 0.3) is 11.1 Å². The normalized spacial score (nSPS) is 10.3. The van der Waals surface area contributed by atoms with Crippen LogP contribution in [0.4, 0.5) is 0 Å². The first-order chi connectivity index (χ1) is 11.7. The number of carbonyl (C=O) groups excluding carboxylic acids is 1. The number of phenolic OH excluding ortho intramolecular Hbond substituents is 1. The van der Waals surface area contributed by atoms with Crippen molar-refractivity contribution < 1.29 is 9.90 Å². The molecule has 0 radical (unpaired) electrons. The van der Waals surface area contributed by atoms with E-state index >= 15 is 0 Å². The zero-order chi connectivity index (χ0) is 16.8. The monoisotopic (exact) mass is 317 g/mol. The van der Waals surface area contributed by atoms with Gasteiger partial charge in [-0.1, -0.05) is 60.7 Å². The number of rotatable bonds is 5. The molecule has 0 aliphatic heterocycles. The molecule has 3 rings (SSSR count). The van der Waals surface area contributed by atoms with Crippen molar-refractivity contribution in [1.82, 2.24) is 5.32 Å². The van der Waals surface area contributed by atoms with Gasteiger partial charge in [0.05, 0.1) is 6.42 Å². The van der Waals surface area contributed by atoms with Gasteiger partial charge in [-0.3, -0.25) is 4.79 Å². The first-order valence-electron chi connectivity index (χ1n) is 7.90. The Morgan fingerprint density at radius 2 is 1.50 bits per heavy atom. The molecular formula is C21H19NO2. The highest BCUT2D eigenvalue weighted by Crippen LogP contribution is 2.22. The Morgan fingerprint density at radius 3 is 2.25 bits per heavy atom. The highest BCUT2D eigenvalue weighted by Gasteiger charge is 2.04. The van der Waals surface area contributed by atoms with Gasteiger partial charge in [0.25, 0.3) is 0 Å². The van der Waals surface area contributed by atoms with Crippen molar-refractivity contribution >= 4 is 5.91 Å². The standard InChI is InChI=1S/C21H19NO2/c23-20-11-9-18(10-12-20)19-8-4-7-17(13-19)15-22-21(24)14-16-5-2-1-3-6-16/h1-13,23H,14-15H2,(H,22,24). The van der Waals surface area contributed by atoms with Crippen molar-refractivity contribution in [1.29, 1.82) is 0 Å². The molecule has 0 atom stereocenters. The molecule has 120 valence electrons. The molecule has 0 aliphatic carbocycles. The number of benzene rings is 3. The lowest BCUT2D eigenvalue weighted by Gasteiger charge is -2.08. The summed E-state index contributed by atoms with van der Waals surface area (Å²) < 4.78 is 0. The lowest BCUT2D eigenvalue weighted by molar-refractivity contribution is -0.120. The van der Waals surface area contributed by atoms with Crippen LogP contribution in [-0.2, 0) is 17.8 Å². The Hall–Kier alpha value is -3.07. The molecule has 3 aromatic rings. The second-order valence-electron chi connectivity index (χ2n) is 5.69. The molecule has 24 heavy (non-hydrogen) atoms. The zero-order valence-corrected chi connectivity index (χ0v) is 13.3. The van der Waals surface area contributed by atoms with E-state index in [1.165, 1.54) is 0 Å². The fourth-order valence-corrected chi connectivity index (χ4v) is 2.56. The minimum absolute atomic E-state index is 0.0104. The van der Waals surface area contributed by atoms with Gasteiger partial charge in [0.1, 0.15) is 5.75 Å². The minimum Gasteiger partial charge on any atom is -0.508 e. The SMILES string of the molecule is O=C(Cc1ccccc1)NCc1cccc(-c2ccc(O)cc2)c1. The van der Waals surface area contributed by atoms with Crippen LogP contribution in [0.15, 0.2) is 78.9 Å². The fourth-order valence-electron chi connectivity index (χ4n) is 2.56. The Bertz CT molecular complexity index is 811. The summed E-state index contributed by atoms with van der Waals surface area (Å²) in [4.78, 5) is 12.0. The molecule has 0 spiro atoms. The van der Waals surface area contributed by atoms with E-state index < -0.39 is 0 Å². The lowest BCUT2D eigenvalue weighted by Crippen LogP contribution is -2.24. The van der Waals surface area contributed by atoms with Gasteiger partial charge < -0.3 is 10.4 Å². The summed E-state index contributed by atoms with van der Waals surface area (Å²) in [5, 5.41) is 12.3. The molecule has 0 saturated heterocycles. The highest BCUT2D eigenvalue weighted by molar-refractivity contribution is 5.78. The predicted molar refractivity (Wildman–Crippen MR) is 95.5 cm³/mol. The molecule has 0 saturated carbocycles. The second kappa shape index (κ2) is 7.47. The highest BCUT2D eigenvalue weighted by atomic mass is 16.3. The summed E-state index contributed by atoms with van der Waals surface area (Å²) in [5.74, 6) is 0.263.